The summed E-state index contributed by atoms with van der Waals surface area (Å²) in [6.45, 7) is 4.91. The monoisotopic (exact) mass is 386 g/mol. The van der Waals surface area contributed by atoms with E-state index in [1.807, 2.05) is 42.5 Å². The number of amides is 1. The third-order valence-corrected chi connectivity index (χ3v) is 5.71. The van der Waals surface area contributed by atoms with Gasteiger partial charge < -0.3 is 10.1 Å². The number of carbonyl (C=O) groups excluding carboxylic acids is 1. The lowest BCUT2D eigenvalue weighted by molar-refractivity contribution is -0.113. The maximum atomic E-state index is 12.2. The maximum absolute atomic E-state index is 12.2. The Bertz CT molecular complexity index is 875. The summed E-state index contributed by atoms with van der Waals surface area (Å²) < 4.78 is 6.74. The standard InChI is InChI=1S/C20H22N2O2S2/c1-3-4-11-24-15-7-10-17-18(12-15)26-20(21-17)22-19(23)13-25-16-8-5-14(2)6-9-16/h5-10,12H,3-4,11,13H2,1-2H3,(H,21,22,23). The Hall–Kier alpha value is -2.05. The van der Waals surface area contributed by atoms with E-state index in [0.29, 0.717) is 10.9 Å². The fraction of sp³-hybridized carbons (Fsp3) is 0.300. The van der Waals surface area contributed by atoms with Crippen molar-refractivity contribution in [1.29, 1.82) is 0 Å². The fourth-order valence-electron chi connectivity index (χ4n) is 2.32. The first-order valence-electron chi connectivity index (χ1n) is 8.67. The maximum Gasteiger partial charge on any atom is 0.236 e. The van der Waals surface area contributed by atoms with Crippen LogP contribution in [0.5, 0.6) is 5.75 Å². The van der Waals surface area contributed by atoms with Gasteiger partial charge >= 0.3 is 0 Å². The summed E-state index contributed by atoms with van der Waals surface area (Å²) in [5, 5.41) is 3.52. The Kier molecular flexibility index (Phi) is 6.52. The molecule has 0 aliphatic heterocycles. The number of hydrogen-bond donors (Lipinski definition) is 1. The minimum Gasteiger partial charge on any atom is -0.494 e. The highest BCUT2D eigenvalue weighted by Crippen LogP contribution is 2.29. The van der Waals surface area contributed by atoms with Gasteiger partial charge in [-0.05, 0) is 43.7 Å². The molecule has 26 heavy (non-hydrogen) atoms. The Balaban J connectivity index is 1.57. The molecule has 0 fully saturated rings. The van der Waals surface area contributed by atoms with Crippen LogP contribution in [-0.2, 0) is 4.79 Å². The average molecular weight is 387 g/mol. The average Bonchev–Trinajstić information content (AvgIpc) is 3.03. The van der Waals surface area contributed by atoms with E-state index in [-0.39, 0.29) is 5.91 Å². The van der Waals surface area contributed by atoms with Gasteiger partial charge in [0.15, 0.2) is 5.13 Å². The summed E-state index contributed by atoms with van der Waals surface area (Å²) in [5.41, 5.74) is 2.09. The van der Waals surface area contributed by atoms with Gasteiger partial charge in [-0.1, -0.05) is 42.4 Å². The molecule has 3 aromatic rings. The highest BCUT2D eigenvalue weighted by molar-refractivity contribution is 8.00. The molecule has 6 heteroatoms. The van der Waals surface area contributed by atoms with E-state index in [1.165, 1.54) is 28.7 Å². The van der Waals surface area contributed by atoms with E-state index in [9.17, 15) is 4.79 Å². The lowest BCUT2D eigenvalue weighted by Crippen LogP contribution is -2.13. The summed E-state index contributed by atoms with van der Waals surface area (Å²) in [4.78, 5) is 17.7. The largest absolute Gasteiger partial charge is 0.494 e. The van der Waals surface area contributed by atoms with Gasteiger partial charge in [0, 0.05) is 4.90 Å². The zero-order chi connectivity index (χ0) is 18.4. The first-order chi connectivity index (χ1) is 12.6. The van der Waals surface area contributed by atoms with Crippen molar-refractivity contribution >= 4 is 44.4 Å². The van der Waals surface area contributed by atoms with E-state index < -0.39 is 0 Å². The molecule has 3 rings (SSSR count). The van der Waals surface area contributed by atoms with Gasteiger partial charge in [-0.2, -0.15) is 0 Å². The number of anilines is 1. The van der Waals surface area contributed by atoms with Gasteiger partial charge in [-0.3, -0.25) is 4.79 Å². The SMILES string of the molecule is CCCCOc1ccc2nc(NC(=O)CSc3ccc(C)cc3)sc2c1. The number of thiazole rings is 1. The topological polar surface area (TPSA) is 51.2 Å². The van der Waals surface area contributed by atoms with E-state index in [2.05, 4.69) is 24.1 Å². The van der Waals surface area contributed by atoms with Crippen molar-refractivity contribution in [2.24, 2.45) is 0 Å². The van der Waals surface area contributed by atoms with Crippen molar-refractivity contribution < 1.29 is 9.53 Å². The molecule has 1 heterocycles. The highest BCUT2D eigenvalue weighted by Gasteiger charge is 2.09. The Morgan fingerprint density at radius 1 is 1.23 bits per heavy atom. The summed E-state index contributed by atoms with van der Waals surface area (Å²) in [6, 6.07) is 14.0. The normalized spacial score (nSPS) is 10.8. The molecule has 0 unspecified atom stereocenters. The molecule has 4 nitrogen and oxygen atoms in total. The van der Waals surface area contributed by atoms with Crippen molar-refractivity contribution in [3.8, 4) is 5.75 Å². The highest BCUT2D eigenvalue weighted by atomic mass is 32.2. The predicted octanol–water partition coefficient (Wildman–Crippen LogP) is 5.51. The van der Waals surface area contributed by atoms with Crippen LogP contribution in [0.15, 0.2) is 47.4 Å². The van der Waals surface area contributed by atoms with E-state index in [4.69, 9.17) is 4.74 Å². The smallest absolute Gasteiger partial charge is 0.236 e. The van der Waals surface area contributed by atoms with Gasteiger partial charge in [-0.25, -0.2) is 4.98 Å². The number of aromatic nitrogens is 1. The summed E-state index contributed by atoms with van der Waals surface area (Å²) >= 11 is 2.99. The number of ether oxygens (including phenoxy) is 1. The van der Waals surface area contributed by atoms with Crippen LogP contribution < -0.4 is 10.1 Å². The summed E-state index contributed by atoms with van der Waals surface area (Å²) in [5.74, 6) is 1.17. The number of aryl methyl sites for hydroxylation is 1. The van der Waals surface area contributed by atoms with Crippen LogP contribution in [0.3, 0.4) is 0 Å². The second-order valence-corrected chi connectivity index (χ2v) is 8.08. The molecule has 0 aliphatic rings. The molecular formula is C20H22N2O2S2. The lowest BCUT2D eigenvalue weighted by Gasteiger charge is -2.04. The number of carbonyl (C=O) groups is 1. The fourth-order valence-corrected chi connectivity index (χ4v) is 3.93. The second-order valence-electron chi connectivity index (χ2n) is 6.00. The number of rotatable bonds is 8. The summed E-state index contributed by atoms with van der Waals surface area (Å²) in [6.07, 6.45) is 2.15. The summed E-state index contributed by atoms with van der Waals surface area (Å²) in [7, 11) is 0. The molecule has 1 amide bonds. The van der Waals surface area contributed by atoms with E-state index >= 15 is 0 Å². The van der Waals surface area contributed by atoms with Crippen LogP contribution in [0.4, 0.5) is 5.13 Å². The number of nitrogens with one attached hydrogen (secondary N) is 1. The number of hydrogen-bond acceptors (Lipinski definition) is 5. The van der Waals surface area contributed by atoms with Crippen LogP contribution in [0, 0.1) is 6.92 Å². The minimum atomic E-state index is -0.0472. The van der Waals surface area contributed by atoms with Crippen LogP contribution in [0.2, 0.25) is 0 Å². The third-order valence-electron chi connectivity index (χ3n) is 3.76. The second kappa shape index (κ2) is 9.05. The van der Waals surface area contributed by atoms with Crippen LogP contribution in [0.25, 0.3) is 10.2 Å². The lowest BCUT2D eigenvalue weighted by atomic mass is 10.2. The van der Waals surface area contributed by atoms with Crippen molar-refractivity contribution in [1.82, 2.24) is 4.98 Å². The third kappa shape index (κ3) is 5.22. The number of benzene rings is 2. The number of fused-ring (bicyclic) bond motifs is 1. The molecular weight excluding hydrogens is 364 g/mol. The number of nitrogens with zero attached hydrogens (tertiary/aromatic N) is 1. The molecule has 0 radical (unpaired) electrons. The van der Waals surface area contributed by atoms with Gasteiger partial charge in [0.05, 0.1) is 22.6 Å². The van der Waals surface area contributed by atoms with Crippen LogP contribution >= 0.6 is 23.1 Å². The molecule has 1 aromatic heterocycles. The number of thioether (sulfide) groups is 1. The quantitative estimate of drug-likeness (QED) is 0.409. The van der Waals surface area contributed by atoms with Crippen molar-refractivity contribution in [2.75, 3.05) is 17.7 Å². The zero-order valence-electron chi connectivity index (χ0n) is 15.0. The first-order valence-corrected chi connectivity index (χ1v) is 10.5. The van der Waals surface area contributed by atoms with Crippen LogP contribution in [0.1, 0.15) is 25.3 Å². The molecule has 0 bridgehead atoms. The molecule has 0 atom stereocenters. The van der Waals surface area contributed by atoms with Gasteiger partial charge in [0.1, 0.15) is 5.75 Å². The molecule has 0 saturated heterocycles. The van der Waals surface area contributed by atoms with E-state index in [1.54, 1.807) is 0 Å². The number of unbranched alkanes of at least 4 members (excludes halogenated alkanes) is 1. The molecule has 0 aliphatic carbocycles. The first kappa shape index (κ1) is 18.7. The molecule has 0 saturated carbocycles. The van der Waals surface area contributed by atoms with Crippen molar-refractivity contribution in [3.63, 3.8) is 0 Å². The van der Waals surface area contributed by atoms with Gasteiger partial charge in [-0.15, -0.1) is 11.8 Å². The van der Waals surface area contributed by atoms with Crippen LogP contribution in [-0.4, -0.2) is 23.3 Å². The molecule has 2 aromatic carbocycles. The predicted molar refractivity (Wildman–Crippen MR) is 111 cm³/mol. The van der Waals surface area contributed by atoms with Crippen molar-refractivity contribution in [3.05, 3.63) is 48.0 Å². The van der Waals surface area contributed by atoms with E-state index in [0.717, 1.165) is 40.3 Å². The molecule has 136 valence electrons. The van der Waals surface area contributed by atoms with Gasteiger partial charge in [0.2, 0.25) is 5.91 Å². The Labute approximate surface area is 162 Å². The Morgan fingerprint density at radius 2 is 2.04 bits per heavy atom. The minimum absolute atomic E-state index is 0.0472. The van der Waals surface area contributed by atoms with Crippen molar-refractivity contribution in [2.45, 2.75) is 31.6 Å². The zero-order valence-corrected chi connectivity index (χ0v) is 16.6. The molecule has 0 spiro atoms. The Morgan fingerprint density at radius 3 is 2.81 bits per heavy atom. The molecule has 1 N–H and O–H groups in total. The van der Waals surface area contributed by atoms with Gasteiger partial charge in [0.25, 0.3) is 0 Å².